The third-order valence-electron chi connectivity index (χ3n) is 0.839. The molecule has 1 aromatic rings. The van der Waals surface area contributed by atoms with Gasteiger partial charge in [0.2, 0.25) is 0 Å². The molecule has 0 aromatic carbocycles. The van der Waals surface area contributed by atoms with Crippen LogP contribution in [-0.2, 0) is 11.3 Å². The van der Waals surface area contributed by atoms with Crippen molar-refractivity contribution in [2.24, 2.45) is 0 Å². The third kappa shape index (κ3) is 2.17. The van der Waals surface area contributed by atoms with Crippen molar-refractivity contribution in [3.05, 3.63) is 22.6 Å². The first-order valence-corrected chi connectivity index (χ1v) is 2.61. The summed E-state index contributed by atoms with van der Waals surface area (Å²) in [4.78, 5) is 20.0. The van der Waals surface area contributed by atoms with Gasteiger partial charge in [-0.25, -0.2) is 9.59 Å². The number of ether oxygens (including phenoxy) is 1. The molecule has 11 heavy (non-hydrogen) atoms. The van der Waals surface area contributed by atoms with E-state index in [1.807, 2.05) is 0 Å². The van der Waals surface area contributed by atoms with E-state index in [1.54, 1.807) is 0 Å². The molecular formula is C5H4O6. The van der Waals surface area contributed by atoms with Gasteiger partial charge in [0.1, 0.15) is 6.26 Å². The Labute approximate surface area is 60.0 Å². The van der Waals surface area contributed by atoms with Gasteiger partial charge in [0, 0.05) is 0 Å². The van der Waals surface area contributed by atoms with Crippen molar-refractivity contribution in [3.63, 3.8) is 0 Å². The van der Waals surface area contributed by atoms with E-state index < -0.39 is 12.0 Å². The normalized spacial score (nSPS) is 9.45. The number of rotatable bonds is 2. The lowest BCUT2D eigenvalue weighted by molar-refractivity contribution is 0.0788. The maximum absolute atomic E-state index is 10.2. The van der Waals surface area contributed by atoms with E-state index in [1.165, 1.54) is 0 Å². The summed E-state index contributed by atoms with van der Waals surface area (Å²) >= 11 is 0. The highest BCUT2D eigenvalue weighted by Crippen LogP contribution is 1.97. The zero-order valence-corrected chi connectivity index (χ0v) is 5.27. The van der Waals surface area contributed by atoms with E-state index in [4.69, 9.17) is 5.11 Å². The molecule has 0 radical (unpaired) electrons. The average Bonchev–Trinajstić information content (AvgIpc) is 2.31. The Hall–Kier alpha value is -1.72. The smallest absolute Gasteiger partial charge is 0.450 e. The lowest BCUT2D eigenvalue weighted by Crippen LogP contribution is -1.99. The molecule has 0 spiro atoms. The Morgan fingerprint density at radius 1 is 1.73 bits per heavy atom. The van der Waals surface area contributed by atoms with Crippen LogP contribution in [0, 0.1) is 0 Å². The minimum Gasteiger partial charge on any atom is -0.450 e. The minimum atomic E-state index is -1.44. The average molecular weight is 160 g/mol. The van der Waals surface area contributed by atoms with Crippen LogP contribution >= 0.6 is 0 Å². The zero-order chi connectivity index (χ0) is 8.27. The van der Waals surface area contributed by atoms with Crippen molar-refractivity contribution in [2.75, 3.05) is 0 Å². The van der Waals surface area contributed by atoms with Crippen molar-refractivity contribution in [2.45, 2.75) is 6.61 Å². The van der Waals surface area contributed by atoms with E-state index >= 15 is 0 Å². The molecule has 1 aromatic heterocycles. The lowest BCUT2D eigenvalue weighted by Gasteiger charge is -1.92. The highest BCUT2D eigenvalue weighted by molar-refractivity contribution is 5.56. The van der Waals surface area contributed by atoms with Gasteiger partial charge in [-0.15, -0.1) is 0 Å². The first kappa shape index (κ1) is 7.39. The summed E-state index contributed by atoms with van der Waals surface area (Å²) in [5, 5.41) is 8.01. The molecule has 6 heteroatoms. The SMILES string of the molecule is O=C(O)OCc1coc(=O)o1. The molecule has 0 atom stereocenters. The summed E-state index contributed by atoms with van der Waals surface area (Å²) in [6.45, 7) is -0.318. The Bertz CT molecular complexity index is 294. The van der Waals surface area contributed by atoms with Crippen LogP contribution < -0.4 is 5.82 Å². The van der Waals surface area contributed by atoms with Crippen LogP contribution in [0.5, 0.6) is 0 Å². The largest absolute Gasteiger partial charge is 0.518 e. The maximum Gasteiger partial charge on any atom is 0.518 e. The summed E-state index contributed by atoms with van der Waals surface area (Å²) in [5.41, 5.74) is 0. The summed E-state index contributed by atoms with van der Waals surface area (Å²) in [6.07, 6.45) is -0.445. The standard InChI is InChI=1S/C5H4O6/c6-4(7)9-1-3-2-10-5(8)11-3/h2H,1H2,(H,6,7). The summed E-state index contributed by atoms with van der Waals surface area (Å²) in [5.74, 6) is -0.841. The topological polar surface area (TPSA) is 89.9 Å². The molecular weight excluding hydrogens is 156 g/mol. The first-order valence-electron chi connectivity index (χ1n) is 2.61. The maximum atomic E-state index is 10.2. The van der Waals surface area contributed by atoms with Crippen LogP contribution in [0.2, 0.25) is 0 Å². The van der Waals surface area contributed by atoms with Gasteiger partial charge in [0.25, 0.3) is 0 Å². The van der Waals surface area contributed by atoms with E-state index in [2.05, 4.69) is 13.6 Å². The molecule has 60 valence electrons. The molecule has 1 heterocycles. The predicted octanol–water partition coefficient (Wildman–Crippen LogP) is 0.427. The number of carboxylic acid groups (broad SMARTS) is 1. The van der Waals surface area contributed by atoms with E-state index in [-0.39, 0.29) is 12.4 Å². The van der Waals surface area contributed by atoms with Crippen molar-refractivity contribution < 1.29 is 23.5 Å². The molecule has 6 nitrogen and oxygen atoms in total. The van der Waals surface area contributed by atoms with Gasteiger partial charge in [-0.3, -0.25) is 0 Å². The van der Waals surface area contributed by atoms with Crippen molar-refractivity contribution in [3.8, 4) is 0 Å². The molecule has 0 bridgehead atoms. The number of hydrogen-bond acceptors (Lipinski definition) is 5. The van der Waals surface area contributed by atoms with Crippen LogP contribution in [0.15, 0.2) is 19.9 Å². The molecule has 0 aliphatic carbocycles. The second kappa shape index (κ2) is 2.91. The van der Waals surface area contributed by atoms with Gasteiger partial charge in [-0.2, -0.15) is 0 Å². The molecule has 0 aliphatic heterocycles. The predicted molar refractivity (Wildman–Crippen MR) is 30.1 cm³/mol. The van der Waals surface area contributed by atoms with Crippen molar-refractivity contribution in [1.82, 2.24) is 0 Å². The molecule has 0 unspecified atom stereocenters. The Morgan fingerprint density at radius 3 is 2.91 bits per heavy atom. The molecule has 0 saturated heterocycles. The summed E-state index contributed by atoms with van der Waals surface area (Å²) < 4.78 is 12.6. The summed E-state index contributed by atoms with van der Waals surface area (Å²) in [7, 11) is 0. The summed E-state index contributed by atoms with van der Waals surface area (Å²) in [6, 6.07) is 0. The van der Waals surface area contributed by atoms with Gasteiger partial charge >= 0.3 is 12.0 Å². The van der Waals surface area contributed by atoms with Crippen LogP contribution in [-0.4, -0.2) is 11.3 Å². The Balaban J connectivity index is 2.51. The van der Waals surface area contributed by atoms with E-state index in [0.717, 1.165) is 6.26 Å². The molecule has 0 amide bonds. The van der Waals surface area contributed by atoms with Crippen LogP contribution in [0.1, 0.15) is 5.76 Å². The quantitative estimate of drug-likeness (QED) is 0.630. The van der Waals surface area contributed by atoms with Crippen LogP contribution in [0.4, 0.5) is 4.79 Å². The van der Waals surface area contributed by atoms with E-state index in [0.29, 0.717) is 0 Å². The van der Waals surface area contributed by atoms with Gasteiger partial charge in [-0.05, 0) is 0 Å². The van der Waals surface area contributed by atoms with E-state index in [9.17, 15) is 9.59 Å². The molecule has 0 fully saturated rings. The fourth-order valence-corrected chi connectivity index (χ4v) is 0.465. The molecule has 0 saturated carbocycles. The zero-order valence-electron chi connectivity index (χ0n) is 5.27. The highest BCUT2D eigenvalue weighted by Gasteiger charge is 2.03. The van der Waals surface area contributed by atoms with Gasteiger partial charge in [-0.1, -0.05) is 0 Å². The van der Waals surface area contributed by atoms with Gasteiger partial charge in [0.05, 0.1) is 0 Å². The van der Waals surface area contributed by atoms with Gasteiger partial charge < -0.3 is 18.7 Å². The fourth-order valence-electron chi connectivity index (χ4n) is 0.465. The van der Waals surface area contributed by atoms with Crippen LogP contribution in [0.3, 0.4) is 0 Å². The van der Waals surface area contributed by atoms with Crippen molar-refractivity contribution in [1.29, 1.82) is 0 Å². The fraction of sp³-hybridized carbons (Fsp3) is 0.200. The second-order valence-corrected chi connectivity index (χ2v) is 1.61. The second-order valence-electron chi connectivity index (χ2n) is 1.61. The highest BCUT2D eigenvalue weighted by atomic mass is 16.7. The monoisotopic (exact) mass is 160 g/mol. The molecule has 1 N–H and O–H groups in total. The van der Waals surface area contributed by atoms with Crippen LogP contribution in [0.25, 0.3) is 0 Å². The molecule has 1 rings (SSSR count). The lowest BCUT2D eigenvalue weighted by atomic mass is 10.6. The molecule has 0 aliphatic rings. The number of hydrogen-bond donors (Lipinski definition) is 1. The Morgan fingerprint density at radius 2 is 2.45 bits per heavy atom. The van der Waals surface area contributed by atoms with Crippen molar-refractivity contribution >= 4 is 6.16 Å². The Kier molecular flexibility index (Phi) is 1.95. The minimum absolute atomic E-state index is 0.0393. The third-order valence-corrected chi connectivity index (χ3v) is 0.839. The number of carbonyl (C=O) groups is 1. The van der Waals surface area contributed by atoms with Gasteiger partial charge in [0.15, 0.2) is 12.4 Å². The first-order chi connectivity index (χ1) is 5.18.